The summed E-state index contributed by atoms with van der Waals surface area (Å²) in [5.41, 5.74) is 12.3. The monoisotopic (exact) mass is 590 g/mol. The van der Waals surface area contributed by atoms with Crippen LogP contribution < -0.4 is 21.4 Å². The molecule has 1 aromatic rings. The van der Waals surface area contributed by atoms with Gasteiger partial charge in [0.1, 0.15) is 11.7 Å². The maximum absolute atomic E-state index is 14.5. The van der Waals surface area contributed by atoms with E-state index in [0.29, 0.717) is 43.9 Å². The Morgan fingerprint density at radius 2 is 1.81 bits per heavy atom. The maximum atomic E-state index is 14.5. The van der Waals surface area contributed by atoms with Crippen LogP contribution in [0.25, 0.3) is 0 Å². The fourth-order valence-electron chi connectivity index (χ4n) is 4.56. The minimum atomic E-state index is -1.19. The van der Waals surface area contributed by atoms with Gasteiger partial charge in [0.25, 0.3) is 0 Å². The molecule has 2 aliphatic heterocycles. The number of anilines is 1. The lowest BCUT2D eigenvalue weighted by atomic mass is 9.93. The molecule has 3 rings (SSSR count). The molecule has 240 valence electrons. The number of aliphatic imine (C=N–C) groups is 1. The molecule has 2 unspecified atom stereocenters. The Labute approximate surface area is 255 Å². The molecule has 0 radical (unpaired) electrons. The highest BCUT2D eigenvalue weighted by atomic mass is 19.1. The van der Waals surface area contributed by atoms with Gasteiger partial charge in [-0.2, -0.15) is 5.10 Å². The number of aromatic nitrogens is 1. The molecule has 2 fully saturated rings. The fourth-order valence-corrected chi connectivity index (χ4v) is 4.56. The van der Waals surface area contributed by atoms with Gasteiger partial charge in [-0.05, 0) is 69.7 Å². The van der Waals surface area contributed by atoms with Crippen LogP contribution in [0.15, 0.2) is 39.8 Å². The molecular formula is C32H59FN8O. The van der Waals surface area contributed by atoms with Crippen molar-refractivity contribution in [3.8, 4) is 0 Å². The summed E-state index contributed by atoms with van der Waals surface area (Å²) < 4.78 is 19.9. The number of hydrazone groups is 1. The van der Waals surface area contributed by atoms with E-state index in [-0.39, 0.29) is 6.17 Å². The van der Waals surface area contributed by atoms with E-state index in [1.807, 2.05) is 50.9 Å². The highest BCUT2D eigenvalue weighted by Gasteiger charge is 2.24. The van der Waals surface area contributed by atoms with Gasteiger partial charge in [-0.25, -0.2) is 9.38 Å². The van der Waals surface area contributed by atoms with Gasteiger partial charge in [0.05, 0.1) is 31.3 Å². The average molecular weight is 591 g/mol. The number of halogens is 1. The predicted octanol–water partition coefficient (Wildman–Crippen LogP) is 5.68. The number of nitrogens with zero attached hydrogens (tertiary/aromatic N) is 5. The van der Waals surface area contributed by atoms with Crippen molar-refractivity contribution in [1.29, 1.82) is 0 Å². The minimum Gasteiger partial charge on any atom is -0.378 e. The second-order valence-electron chi connectivity index (χ2n) is 10.5. The molecule has 4 N–H and O–H groups in total. The zero-order chi connectivity index (χ0) is 31.3. The number of hydrogen-bond donors (Lipinski definition) is 3. The lowest BCUT2D eigenvalue weighted by Crippen LogP contribution is -2.48. The summed E-state index contributed by atoms with van der Waals surface area (Å²) in [6.45, 7) is 21.3. The van der Waals surface area contributed by atoms with Crippen molar-refractivity contribution in [3.63, 3.8) is 0 Å². The van der Waals surface area contributed by atoms with Crippen LogP contribution in [-0.2, 0) is 4.74 Å². The second-order valence-corrected chi connectivity index (χ2v) is 10.5. The molecule has 0 saturated carbocycles. The van der Waals surface area contributed by atoms with E-state index in [1.54, 1.807) is 6.21 Å². The standard InChI is InChI=1S/C27H45FN8O.C3H8.C2H6/c1-5-10-31-25(29)22-8-12-35(13-9-22)24-7-11-30-23(18-24)19-32-34-26(20(3)6-2)33-27(21(4)28)36-14-16-37-17-15-36;1-3-2;1-2/h7,11,18-19,21-22,25,31,34H,5-6,8-10,12-17,29H2,1-4H3;3H2,1-2H3;1-2H3/b26-20?,32-19+,33-27+;;. The van der Waals surface area contributed by atoms with Crippen LogP contribution in [0, 0.1) is 5.92 Å². The fraction of sp³-hybridized carbons (Fsp3) is 0.719. The topological polar surface area (TPSA) is 103 Å². The SMILES string of the molecule is CC.CCC.CCCNC(N)C1CCN(c2ccnc(/C=N/NC(/N=C(\C(C)F)N3CCOCC3)=C(C)CC)c2)CC1. The molecule has 9 nitrogen and oxygen atoms in total. The molecule has 10 heteroatoms. The Morgan fingerprint density at radius 3 is 2.38 bits per heavy atom. The average Bonchev–Trinajstić information content (AvgIpc) is 3.03. The highest BCUT2D eigenvalue weighted by molar-refractivity contribution is 5.87. The summed E-state index contributed by atoms with van der Waals surface area (Å²) in [7, 11) is 0. The molecule has 2 aliphatic rings. The van der Waals surface area contributed by atoms with Crippen molar-refractivity contribution >= 4 is 17.7 Å². The molecule has 1 aromatic heterocycles. The van der Waals surface area contributed by atoms with Gasteiger partial charge in [0.2, 0.25) is 0 Å². The van der Waals surface area contributed by atoms with E-state index in [4.69, 9.17) is 10.5 Å². The van der Waals surface area contributed by atoms with Crippen molar-refractivity contribution in [1.82, 2.24) is 20.6 Å². The third-order valence-electron chi connectivity index (χ3n) is 7.03. The van der Waals surface area contributed by atoms with Crippen LogP contribution in [-0.4, -0.2) is 80.2 Å². The smallest absolute Gasteiger partial charge is 0.155 e. The second kappa shape index (κ2) is 22.0. The van der Waals surface area contributed by atoms with Crippen molar-refractivity contribution < 1.29 is 9.13 Å². The lowest BCUT2D eigenvalue weighted by Gasteiger charge is -2.36. The van der Waals surface area contributed by atoms with Crippen molar-refractivity contribution in [2.45, 2.75) is 99.8 Å². The van der Waals surface area contributed by atoms with Crippen LogP contribution in [0.4, 0.5) is 10.1 Å². The van der Waals surface area contributed by atoms with E-state index in [2.05, 4.69) is 51.5 Å². The van der Waals surface area contributed by atoms with Gasteiger partial charge in [0, 0.05) is 38.1 Å². The number of nitrogens with one attached hydrogen (secondary N) is 2. The molecule has 42 heavy (non-hydrogen) atoms. The number of rotatable bonds is 11. The number of ether oxygens (including phenoxy) is 1. The Bertz CT molecular complexity index is 938. The van der Waals surface area contributed by atoms with Gasteiger partial charge >= 0.3 is 0 Å². The number of alkyl halides is 1. The van der Waals surface area contributed by atoms with Crippen LogP contribution in [0.1, 0.15) is 93.2 Å². The summed E-state index contributed by atoms with van der Waals surface area (Å²) in [6, 6.07) is 4.08. The summed E-state index contributed by atoms with van der Waals surface area (Å²) in [5, 5.41) is 7.84. The van der Waals surface area contributed by atoms with E-state index >= 15 is 0 Å². The zero-order valence-corrected chi connectivity index (χ0v) is 27.6. The number of allylic oxidation sites excluding steroid dienone is 1. The van der Waals surface area contributed by atoms with Crippen molar-refractivity contribution in [2.75, 3.05) is 50.8 Å². The summed E-state index contributed by atoms with van der Waals surface area (Å²) in [6.07, 6.45) is 7.61. The molecule has 3 heterocycles. The third-order valence-corrected chi connectivity index (χ3v) is 7.03. The van der Waals surface area contributed by atoms with E-state index in [0.717, 1.165) is 62.3 Å². The number of piperidine rings is 1. The largest absolute Gasteiger partial charge is 0.378 e. The molecule has 0 bridgehead atoms. The van der Waals surface area contributed by atoms with Gasteiger partial charge in [-0.3, -0.25) is 10.4 Å². The number of morpholine rings is 1. The molecule has 0 amide bonds. The van der Waals surface area contributed by atoms with E-state index in [1.165, 1.54) is 13.3 Å². The zero-order valence-electron chi connectivity index (χ0n) is 27.6. The number of nitrogens with two attached hydrogens (primary N) is 1. The Balaban J connectivity index is 0.00000165. The van der Waals surface area contributed by atoms with E-state index < -0.39 is 6.17 Å². The number of hydrogen-bond acceptors (Lipinski definition) is 8. The van der Waals surface area contributed by atoms with E-state index in [9.17, 15) is 4.39 Å². The lowest BCUT2D eigenvalue weighted by molar-refractivity contribution is 0.0653. The number of amidine groups is 1. The summed E-state index contributed by atoms with van der Waals surface area (Å²) in [4.78, 5) is 13.4. The summed E-state index contributed by atoms with van der Waals surface area (Å²) >= 11 is 0. The van der Waals surface area contributed by atoms with Gasteiger partial charge in [0.15, 0.2) is 6.17 Å². The molecule has 0 aromatic carbocycles. The molecule has 0 aliphatic carbocycles. The first-order valence-electron chi connectivity index (χ1n) is 16.1. The van der Waals surface area contributed by atoms with Crippen LogP contribution >= 0.6 is 0 Å². The first kappa shape index (κ1) is 37.5. The third kappa shape index (κ3) is 13.2. The maximum Gasteiger partial charge on any atom is 0.155 e. The van der Waals surface area contributed by atoms with Crippen molar-refractivity contribution in [3.05, 3.63) is 35.4 Å². The van der Waals surface area contributed by atoms with Crippen LogP contribution in [0.2, 0.25) is 0 Å². The van der Waals surface area contributed by atoms with Crippen molar-refractivity contribution in [2.24, 2.45) is 21.7 Å². The Morgan fingerprint density at radius 1 is 1.17 bits per heavy atom. The minimum absolute atomic E-state index is 0.0638. The summed E-state index contributed by atoms with van der Waals surface area (Å²) in [5.74, 6) is 1.47. The van der Waals surface area contributed by atoms with Gasteiger partial charge in [-0.1, -0.05) is 48.0 Å². The van der Waals surface area contributed by atoms with Gasteiger partial charge < -0.3 is 25.6 Å². The molecular weight excluding hydrogens is 531 g/mol. The highest BCUT2D eigenvalue weighted by Crippen LogP contribution is 2.24. The Kier molecular flexibility index (Phi) is 19.7. The quantitative estimate of drug-likeness (QED) is 0.132. The Hall–Kier alpha value is -2.56. The van der Waals surface area contributed by atoms with Crippen LogP contribution in [0.3, 0.4) is 0 Å². The first-order chi connectivity index (χ1) is 20.3. The number of pyridine rings is 1. The molecule has 2 atom stereocenters. The predicted molar refractivity (Wildman–Crippen MR) is 177 cm³/mol. The first-order valence-corrected chi connectivity index (χ1v) is 16.1. The normalized spacial score (nSPS) is 18.4. The van der Waals surface area contributed by atoms with Gasteiger partial charge in [-0.15, -0.1) is 0 Å². The molecule has 0 spiro atoms. The molecule has 2 saturated heterocycles. The van der Waals surface area contributed by atoms with Crippen LogP contribution in [0.5, 0.6) is 0 Å².